The van der Waals surface area contributed by atoms with Crippen molar-refractivity contribution in [2.75, 3.05) is 18.2 Å². The van der Waals surface area contributed by atoms with Gasteiger partial charge in [-0.2, -0.15) is 4.98 Å². The second kappa shape index (κ2) is 12.2. The van der Waals surface area contributed by atoms with Crippen LogP contribution in [0.25, 0.3) is 0 Å². The molecule has 1 atom stereocenters. The number of rotatable bonds is 14. The molecule has 0 aliphatic carbocycles. The third-order valence-electron chi connectivity index (χ3n) is 5.99. The summed E-state index contributed by atoms with van der Waals surface area (Å²) >= 11 is 0. The number of nitrogen functional groups attached to an aromatic ring is 1. The van der Waals surface area contributed by atoms with Crippen molar-refractivity contribution in [3.63, 3.8) is 0 Å². The topological polar surface area (TPSA) is 185 Å². The van der Waals surface area contributed by atoms with E-state index in [1.54, 1.807) is 32.0 Å². The van der Waals surface area contributed by atoms with E-state index in [-0.39, 0.29) is 31.6 Å². The Hall–Kier alpha value is -3.89. The predicted molar refractivity (Wildman–Crippen MR) is 133 cm³/mol. The number of nitrogens with zero attached hydrogens (tertiary/aromatic N) is 2. The molecular weight excluding hydrogens is 468 g/mol. The van der Waals surface area contributed by atoms with Crippen LogP contribution >= 0.6 is 0 Å². The molecule has 0 saturated heterocycles. The van der Waals surface area contributed by atoms with Crippen LogP contribution in [0, 0.1) is 0 Å². The van der Waals surface area contributed by atoms with Crippen molar-refractivity contribution < 1.29 is 34.4 Å². The lowest BCUT2D eigenvalue weighted by atomic mass is 9.83. The van der Waals surface area contributed by atoms with Crippen LogP contribution in [0.4, 0.5) is 11.8 Å². The van der Waals surface area contributed by atoms with Gasteiger partial charge in [-0.3, -0.25) is 14.4 Å². The Labute approximate surface area is 209 Å². The van der Waals surface area contributed by atoms with Crippen molar-refractivity contribution in [2.45, 2.75) is 70.8 Å². The molecule has 1 heterocycles. The number of anilines is 2. The summed E-state index contributed by atoms with van der Waals surface area (Å²) in [5.74, 6) is -2.23. The van der Waals surface area contributed by atoms with Gasteiger partial charge in [-0.25, -0.2) is 4.98 Å². The van der Waals surface area contributed by atoms with Gasteiger partial charge in [-0.15, -0.1) is 0 Å². The number of carboxylic acid groups (broad SMARTS) is 3. The second-order valence-corrected chi connectivity index (χ2v) is 9.11. The van der Waals surface area contributed by atoms with Crippen LogP contribution in [0.3, 0.4) is 0 Å². The number of aliphatic carboxylic acids is 3. The predicted octanol–water partition coefficient (Wildman–Crippen LogP) is 3.09. The summed E-state index contributed by atoms with van der Waals surface area (Å²) in [5, 5.41) is 31.4. The SMILES string of the molecule is CCC[C@@H](CC(=O)O)Nc1nc(N)nc(CCC(=O)O)c1Cc1cc(C(C)(C)C(=O)O)ccc1OC. The van der Waals surface area contributed by atoms with Gasteiger partial charge in [0.15, 0.2) is 0 Å². The Kier molecular flexibility index (Phi) is 9.60. The number of carbonyl (C=O) groups is 3. The minimum Gasteiger partial charge on any atom is -0.496 e. The first-order valence-corrected chi connectivity index (χ1v) is 11.6. The summed E-state index contributed by atoms with van der Waals surface area (Å²) in [6.07, 6.45) is 1.20. The summed E-state index contributed by atoms with van der Waals surface area (Å²) in [5.41, 5.74) is 6.91. The first-order valence-electron chi connectivity index (χ1n) is 11.6. The number of ether oxygens (including phenoxy) is 1. The summed E-state index contributed by atoms with van der Waals surface area (Å²) in [7, 11) is 1.50. The van der Waals surface area contributed by atoms with Crippen LogP contribution in [-0.4, -0.2) is 56.3 Å². The quantitative estimate of drug-likeness (QED) is 0.255. The standard InChI is InChI=1S/C25H34N4O7/c1-5-6-16(13-21(32)33)27-22-17(18(8-10-20(30)31)28-24(26)29-22)12-14-11-15(7-9-19(14)36-4)25(2,3)23(34)35/h7,9,11,16H,5-6,8,10,12-13H2,1-4H3,(H,30,31)(H,32,33)(H,34,35)(H3,26,27,28,29)/t16-/m0/s1. The molecule has 11 heteroatoms. The molecule has 36 heavy (non-hydrogen) atoms. The van der Waals surface area contributed by atoms with Gasteiger partial charge >= 0.3 is 17.9 Å². The average Bonchev–Trinajstić information content (AvgIpc) is 2.78. The maximum atomic E-state index is 11.8. The minimum atomic E-state index is -1.17. The smallest absolute Gasteiger partial charge is 0.313 e. The zero-order valence-corrected chi connectivity index (χ0v) is 21.0. The Morgan fingerprint density at radius 1 is 1.14 bits per heavy atom. The van der Waals surface area contributed by atoms with Gasteiger partial charge in [0.2, 0.25) is 5.95 Å². The fourth-order valence-electron chi connectivity index (χ4n) is 3.88. The number of carboxylic acids is 3. The van der Waals surface area contributed by atoms with Crippen molar-refractivity contribution in [3.8, 4) is 5.75 Å². The van der Waals surface area contributed by atoms with Crippen LogP contribution in [0.15, 0.2) is 18.2 Å². The number of nitrogens with one attached hydrogen (secondary N) is 1. The van der Waals surface area contributed by atoms with E-state index in [2.05, 4.69) is 15.3 Å². The number of benzene rings is 1. The number of hydrogen-bond acceptors (Lipinski definition) is 8. The molecule has 6 N–H and O–H groups in total. The van der Waals surface area contributed by atoms with Gasteiger partial charge in [-0.1, -0.05) is 25.5 Å². The molecule has 0 fully saturated rings. The Morgan fingerprint density at radius 3 is 2.39 bits per heavy atom. The van der Waals surface area contributed by atoms with Crippen LogP contribution < -0.4 is 15.8 Å². The molecule has 0 aliphatic heterocycles. The lowest BCUT2D eigenvalue weighted by molar-refractivity contribution is -0.142. The first-order chi connectivity index (χ1) is 16.9. The van der Waals surface area contributed by atoms with Crippen molar-refractivity contribution in [1.82, 2.24) is 9.97 Å². The molecule has 0 saturated carbocycles. The van der Waals surface area contributed by atoms with Gasteiger partial charge in [0.1, 0.15) is 11.6 Å². The monoisotopic (exact) mass is 502 g/mol. The van der Waals surface area contributed by atoms with Gasteiger partial charge in [0.25, 0.3) is 0 Å². The highest BCUT2D eigenvalue weighted by Crippen LogP contribution is 2.33. The first kappa shape index (κ1) is 28.3. The summed E-state index contributed by atoms with van der Waals surface area (Å²) in [4.78, 5) is 43.1. The van der Waals surface area contributed by atoms with Crippen molar-refractivity contribution in [2.24, 2.45) is 0 Å². The van der Waals surface area contributed by atoms with Crippen LogP contribution in [-0.2, 0) is 32.6 Å². The van der Waals surface area contributed by atoms with E-state index in [4.69, 9.17) is 10.5 Å². The Balaban J connectivity index is 2.65. The van der Waals surface area contributed by atoms with E-state index in [9.17, 15) is 29.7 Å². The van der Waals surface area contributed by atoms with Gasteiger partial charge in [0, 0.05) is 24.4 Å². The largest absolute Gasteiger partial charge is 0.496 e. The molecule has 2 aromatic rings. The number of nitrogens with two attached hydrogens (primary N) is 1. The molecule has 0 bridgehead atoms. The van der Waals surface area contributed by atoms with E-state index in [0.29, 0.717) is 40.4 Å². The normalized spacial score (nSPS) is 12.1. The average molecular weight is 503 g/mol. The van der Waals surface area contributed by atoms with Crippen molar-refractivity contribution >= 4 is 29.7 Å². The maximum Gasteiger partial charge on any atom is 0.313 e. The third-order valence-corrected chi connectivity index (χ3v) is 5.99. The lowest BCUT2D eigenvalue weighted by Gasteiger charge is -2.23. The minimum absolute atomic E-state index is 0.0695. The van der Waals surface area contributed by atoms with Crippen LogP contribution in [0.5, 0.6) is 5.75 Å². The summed E-state index contributed by atoms with van der Waals surface area (Å²) < 4.78 is 5.51. The van der Waals surface area contributed by atoms with E-state index in [1.165, 1.54) is 7.11 Å². The van der Waals surface area contributed by atoms with Gasteiger partial charge in [-0.05, 0) is 37.5 Å². The second-order valence-electron chi connectivity index (χ2n) is 9.11. The fraction of sp³-hybridized carbons (Fsp3) is 0.480. The molecule has 0 amide bonds. The van der Waals surface area contributed by atoms with E-state index >= 15 is 0 Å². The van der Waals surface area contributed by atoms with Crippen molar-refractivity contribution in [3.05, 3.63) is 40.6 Å². The molecule has 0 radical (unpaired) electrons. The maximum absolute atomic E-state index is 11.8. The molecule has 0 unspecified atom stereocenters. The highest BCUT2D eigenvalue weighted by atomic mass is 16.5. The highest BCUT2D eigenvalue weighted by molar-refractivity contribution is 5.80. The zero-order chi connectivity index (χ0) is 27.0. The number of aromatic nitrogens is 2. The molecule has 0 aliphatic rings. The molecule has 0 spiro atoms. The molecule has 196 valence electrons. The summed E-state index contributed by atoms with van der Waals surface area (Å²) in [6.45, 7) is 5.13. The number of methoxy groups -OCH3 is 1. The van der Waals surface area contributed by atoms with Gasteiger partial charge < -0.3 is 31.1 Å². The number of hydrogen-bond donors (Lipinski definition) is 5. The Morgan fingerprint density at radius 2 is 1.83 bits per heavy atom. The fourth-order valence-corrected chi connectivity index (χ4v) is 3.88. The van der Waals surface area contributed by atoms with E-state index in [0.717, 1.165) is 6.42 Å². The van der Waals surface area contributed by atoms with Crippen LogP contribution in [0.2, 0.25) is 0 Å². The van der Waals surface area contributed by atoms with E-state index in [1.807, 2.05) is 6.92 Å². The lowest BCUT2D eigenvalue weighted by Crippen LogP contribution is -2.28. The van der Waals surface area contributed by atoms with Crippen molar-refractivity contribution in [1.29, 1.82) is 0 Å². The molecule has 2 rings (SSSR count). The molecule has 11 nitrogen and oxygen atoms in total. The highest BCUT2D eigenvalue weighted by Gasteiger charge is 2.30. The Bertz CT molecular complexity index is 1120. The molecule has 1 aromatic heterocycles. The summed E-state index contributed by atoms with van der Waals surface area (Å²) in [6, 6.07) is 4.66. The third kappa shape index (κ3) is 7.30. The van der Waals surface area contributed by atoms with Gasteiger partial charge in [0.05, 0.1) is 31.1 Å². The van der Waals surface area contributed by atoms with E-state index < -0.39 is 29.4 Å². The molecule has 1 aromatic carbocycles. The number of aryl methyl sites for hydroxylation is 1. The van der Waals surface area contributed by atoms with Crippen LogP contribution in [0.1, 0.15) is 68.8 Å². The zero-order valence-electron chi connectivity index (χ0n) is 21.0. The molecular formula is C25H34N4O7.